The summed E-state index contributed by atoms with van der Waals surface area (Å²) in [6.07, 6.45) is 1.53. The van der Waals surface area contributed by atoms with E-state index in [4.69, 9.17) is 14.6 Å². The van der Waals surface area contributed by atoms with Gasteiger partial charge in [-0.05, 0) is 12.1 Å². The van der Waals surface area contributed by atoms with Crippen molar-refractivity contribution >= 4 is 29.1 Å². The third-order valence-corrected chi connectivity index (χ3v) is 3.70. The number of primary amides is 1. The molecule has 1 aromatic carbocycles. The molecule has 0 radical (unpaired) electrons. The fourth-order valence-corrected chi connectivity index (χ4v) is 2.54. The first-order valence-corrected chi connectivity index (χ1v) is 8.14. The van der Waals surface area contributed by atoms with Crippen molar-refractivity contribution in [2.24, 2.45) is 12.8 Å². The molecule has 3 amide bonds. The van der Waals surface area contributed by atoms with Gasteiger partial charge in [-0.2, -0.15) is 5.10 Å². The van der Waals surface area contributed by atoms with E-state index in [1.807, 2.05) is 5.32 Å². The summed E-state index contributed by atoms with van der Waals surface area (Å²) in [6.45, 7) is -2.75. The zero-order valence-electron chi connectivity index (χ0n) is 18.4. The first kappa shape index (κ1) is 15.8. The van der Waals surface area contributed by atoms with Gasteiger partial charge in [0.25, 0.3) is 5.91 Å². The van der Waals surface area contributed by atoms with Crippen LogP contribution in [0.25, 0.3) is 11.4 Å². The highest BCUT2D eigenvalue weighted by atomic mass is 16.5. The lowest BCUT2D eigenvalue weighted by Gasteiger charge is -2.16. The molecule has 0 aliphatic heterocycles. The maximum absolute atomic E-state index is 12.5. The molecule has 0 bridgehead atoms. The molecule has 0 aliphatic carbocycles. The molecule has 0 spiro atoms. The molecule has 12 nitrogen and oxygen atoms in total. The number of hydrogen-bond donors (Lipinski definition) is 4. The van der Waals surface area contributed by atoms with E-state index in [0.29, 0.717) is 22.8 Å². The highest BCUT2D eigenvalue weighted by molar-refractivity contribution is 5.99. The number of anilines is 3. The summed E-state index contributed by atoms with van der Waals surface area (Å²) in [4.78, 5) is 27.9. The molecule has 2 heterocycles. The standard InChI is InChI=1S/C17H19N9O3/c1-19-16(27)13-11(7-12(23-24-13)22-17(18)28)21-10-6-4-5-9(14(10)29-3)15-20-8-26(2)25-15/h4-8H,1-3H3,(H,19,27)(H4,18,21,22,23,28)/i1D3. The van der Waals surface area contributed by atoms with E-state index in [0.717, 1.165) is 0 Å². The number of nitrogens with zero attached hydrogens (tertiary/aromatic N) is 5. The molecule has 3 rings (SSSR count). The molecule has 0 fully saturated rings. The molecule has 150 valence electrons. The fourth-order valence-electron chi connectivity index (χ4n) is 2.54. The maximum atomic E-state index is 12.5. The average Bonchev–Trinajstić information content (AvgIpc) is 3.12. The van der Waals surface area contributed by atoms with E-state index >= 15 is 0 Å². The Hall–Kier alpha value is -4.22. The van der Waals surface area contributed by atoms with Crippen LogP contribution in [0.2, 0.25) is 0 Å². The van der Waals surface area contributed by atoms with Crippen LogP contribution in [-0.4, -0.2) is 51.0 Å². The highest BCUT2D eigenvalue weighted by Gasteiger charge is 2.19. The lowest BCUT2D eigenvalue weighted by molar-refractivity contribution is 0.0958. The summed E-state index contributed by atoms with van der Waals surface area (Å²) in [7, 11) is 3.16. The second kappa shape index (κ2) is 8.21. The van der Waals surface area contributed by atoms with Crippen LogP contribution < -0.4 is 26.4 Å². The molecule has 12 heteroatoms. The number of rotatable bonds is 6. The highest BCUT2D eigenvalue weighted by Crippen LogP contribution is 2.37. The van der Waals surface area contributed by atoms with Gasteiger partial charge in [0.1, 0.15) is 6.33 Å². The zero-order chi connectivity index (χ0) is 23.5. The van der Waals surface area contributed by atoms with Crippen LogP contribution in [-0.2, 0) is 7.05 Å². The van der Waals surface area contributed by atoms with Gasteiger partial charge in [0.15, 0.2) is 23.1 Å². The van der Waals surface area contributed by atoms with Crippen LogP contribution in [0.15, 0.2) is 30.6 Å². The number of methoxy groups -OCH3 is 1. The third-order valence-electron chi connectivity index (χ3n) is 3.70. The predicted molar refractivity (Wildman–Crippen MR) is 105 cm³/mol. The predicted octanol–water partition coefficient (Wildman–Crippen LogP) is 0.874. The molecule has 0 atom stereocenters. The maximum Gasteiger partial charge on any atom is 0.317 e. The fraction of sp³-hybridized carbons (Fsp3) is 0.176. The molecular weight excluding hydrogens is 378 g/mol. The Morgan fingerprint density at radius 2 is 2.10 bits per heavy atom. The Morgan fingerprint density at radius 1 is 1.28 bits per heavy atom. The Labute approximate surface area is 169 Å². The van der Waals surface area contributed by atoms with Gasteiger partial charge in [0.2, 0.25) is 0 Å². The van der Waals surface area contributed by atoms with Crippen LogP contribution in [0.1, 0.15) is 14.6 Å². The molecule has 3 aromatic rings. The van der Waals surface area contributed by atoms with Gasteiger partial charge in [0.05, 0.1) is 24.0 Å². The second-order valence-electron chi connectivity index (χ2n) is 5.69. The molecule has 0 saturated carbocycles. The van der Waals surface area contributed by atoms with Crippen molar-refractivity contribution in [1.82, 2.24) is 30.3 Å². The van der Waals surface area contributed by atoms with Gasteiger partial charge in [-0.3, -0.25) is 14.8 Å². The van der Waals surface area contributed by atoms with Gasteiger partial charge in [-0.15, -0.1) is 10.2 Å². The number of carbonyl (C=O) groups is 2. The first-order valence-electron chi connectivity index (χ1n) is 9.64. The first-order chi connectivity index (χ1) is 15.1. The summed E-state index contributed by atoms with van der Waals surface area (Å²) in [5, 5.41) is 18.7. The van der Waals surface area contributed by atoms with Crippen LogP contribution in [0.5, 0.6) is 5.75 Å². The number of hydrogen-bond acceptors (Lipinski definition) is 8. The normalized spacial score (nSPS) is 12.3. The molecule has 0 unspecified atom stereocenters. The van der Waals surface area contributed by atoms with Crippen molar-refractivity contribution in [1.29, 1.82) is 0 Å². The number of ether oxygens (including phenoxy) is 1. The van der Waals surface area contributed by atoms with Crippen molar-refractivity contribution in [2.45, 2.75) is 0 Å². The lowest BCUT2D eigenvalue weighted by atomic mass is 10.1. The molecule has 2 aromatic heterocycles. The molecule has 0 aliphatic rings. The number of urea groups is 1. The number of amides is 3. The number of nitrogens with one attached hydrogen (secondary N) is 3. The van der Waals surface area contributed by atoms with E-state index in [1.54, 1.807) is 25.2 Å². The monoisotopic (exact) mass is 400 g/mol. The van der Waals surface area contributed by atoms with Gasteiger partial charge in [0, 0.05) is 24.2 Å². The minimum absolute atomic E-state index is 0.0370. The Kier molecular flexibility index (Phi) is 4.47. The van der Waals surface area contributed by atoms with E-state index in [-0.39, 0.29) is 17.2 Å². The van der Waals surface area contributed by atoms with Crippen LogP contribution in [0.4, 0.5) is 22.0 Å². The number of nitrogens with two attached hydrogens (primary N) is 1. The van der Waals surface area contributed by atoms with Crippen molar-refractivity contribution < 1.29 is 18.4 Å². The Bertz CT molecular complexity index is 1160. The summed E-state index contributed by atoms with van der Waals surface area (Å²) in [6, 6.07) is 5.48. The zero-order valence-corrected chi connectivity index (χ0v) is 15.4. The second-order valence-corrected chi connectivity index (χ2v) is 5.69. The third kappa shape index (κ3) is 4.21. The Morgan fingerprint density at radius 3 is 2.76 bits per heavy atom. The minimum atomic E-state index is -2.75. The van der Waals surface area contributed by atoms with Gasteiger partial charge in [-0.1, -0.05) is 6.07 Å². The average molecular weight is 400 g/mol. The lowest BCUT2D eigenvalue weighted by Crippen LogP contribution is -2.23. The SMILES string of the molecule is [2H]C([2H])([2H])NC(=O)c1nnc(NC(N)=O)cc1Nc1cccc(-c2ncn(C)n2)c1OC. The quantitative estimate of drug-likeness (QED) is 0.474. The van der Waals surface area contributed by atoms with Crippen molar-refractivity contribution in [3.05, 3.63) is 36.3 Å². The summed E-state index contributed by atoms with van der Waals surface area (Å²) in [5.41, 5.74) is 5.76. The summed E-state index contributed by atoms with van der Waals surface area (Å²) >= 11 is 0. The van der Waals surface area contributed by atoms with Crippen molar-refractivity contribution in [2.75, 3.05) is 24.7 Å². The topological polar surface area (TPSA) is 162 Å². The number of para-hydroxylation sites is 1. The van der Waals surface area contributed by atoms with E-state index in [1.165, 1.54) is 24.2 Å². The number of aromatic nitrogens is 5. The summed E-state index contributed by atoms with van der Waals surface area (Å²) < 4.78 is 28.8. The van der Waals surface area contributed by atoms with Crippen LogP contribution in [0.3, 0.4) is 0 Å². The smallest absolute Gasteiger partial charge is 0.317 e. The largest absolute Gasteiger partial charge is 0.494 e. The van der Waals surface area contributed by atoms with Gasteiger partial charge < -0.3 is 21.1 Å². The Balaban J connectivity index is 2.06. The molecule has 5 N–H and O–H groups in total. The van der Waals surface area contributed by atoms with E-state index in [9.17, 15) is 9.59 Å². The van der Waals surface area contributed by atoms with Crippen LogP contribution in [0, 0.1) is 0 Å². The summed E-state index contributed by atoms with van der Waals surface area (Å²) in [5.74, 6) is -0.321. The van der Waals surface area contributed by atoms with Crippen LogP contribution >= 0.6 is 0 Å². The number of benzene rings is 1. The van der Waals surface area contributed by atoms with E-state index < -0.39 is 18.9 Å². The van der Waals surface area contributed by atoms with Crippen molar-refractivity contribution in [3.8, 4) is 17.1 Å². The molecule has 0 saturated heterocycles. The van der Waals surface area contributed by atoms with Crippen molar-refractivity contribution in [3.63, 3.8) is 0 Å². The molecule has 29 heavy (non-hydrogen) atoms. The number of carbonyl (C=O) groups excluding carboxylic acids is 2. The minimum Gasteiger partial charge on any atom is -0.494 e. The van der Waals surface area contributed by atoms with E-state index in [2.05, 4.69) is 30.9 Å². The van der Waals surface area contributed by atoms with Gasteiger partial charge in [-0.25, -0.2) is 9.78 Å². The number of aryl methyl sites for hydroxylation is 1. The molecular formula is C17H19N9O3. The van der Waals surface area contributed by atoms with Gasteiger partial charge >= 0.3 is 6.03 Å².